The van der Waals surface area contributed by atoms with E-state index >= 15 is 0 Å². The molecule has 7 heteroatoms. The minimum atomic E-state index is 0.125. The number of aromatic nitrogens is 3. The van der Waals surface area contributed by atoms with E-state index in [2.05, 4.69) is 15.2 Å². The highest BCUT2D eigenvalue weighted by molar-refractivity contribution is 7.17. The molecule has 1 aliphatic heterocycles. The summed E-state index contributed by atoms with van der Waals surface area (Å²) in [6.07, 6.45) is 4.28. The van der Waals surface area contributed by atoms with Gasteiger partial charge >= 0.3 is 0 Å². The van der Waals surface area contributed by atoms with Crippen LogP contribution in [0.5, 0.6) is 0 Å². The maximum atomic E-state index is 12.9. The molecule has 3 heterocycles. The van der Waals surface area contributed by atoms with E-state index in [-0.39, 0.29) is 5.91 Å². The van der Waals surface area contributed by atoms with Crippen molar-refractivity contribution in [2.45, 2.75) is 37.5 Å². The SMILES string of the molecule is O=C(c1ccc(-c2ccc(Cl)cc2)s1)N1CCC(c2nc(C3CC3)n[nH]2)CC1. The molecule has 3 aromatic rings. The van der Waals surface area contributed by atoms with Crippen molar-refractivity contribution in [1.82, 2.24) is 20.1 Å². The van der Waals surface area contributed by atoms with Gasteiger partial charge in [0.15, 0.2) is 5.82 Å². The largest absolute Gasteiger partial charge is 0.338 e. The van der Waals surface area contributed by atoms with Gasteiger partial charge < -0.3 is 4.90 Å². The van der Waals surface area contributed by atoms with Crippen LogP contribution in [-0.4, -0.2) is 39.1 Å². The second-order valence-corrected chi connectivity index (χ2v) is 9.11. The van der Waals surface area contributed by atoms with Crippen molar-refractivity contribution in [2.75, 3.05) is 13.1 Å². The standard InChI is InChI=1S/C21H21ClN4OS/c22-16-5-3-13(4-6-16)17-7-8-18(28-17)21(27)26-11-9-15(10-12-26)20-23-19(24-25-20)14-1-2-14/h3-8,14-15H,1-2,9-12H2,(H,23,24,25). The number of halogens is 1. The normalized spacial score (nSPS) is 17.8. The number of hydrogen-bond acceptors (Lipinski definition) is 4. The molecule has 144 valence electrons. The molecule has 1 aliphatic carbocycles. The van der Waals surface area contributed by atoms with Crippen molar-refractivity contribution in [2.24, 2.45) is 0 Å². The first kappa shape index (κ1) is 17.9. The Labute approximate surface area is 172 Å². The first-order chi connectivity index (χ1) is 13.7. The highest BCUT2D eigenvalue weighted by atomic mass is 35.5. The third-order valence-electron chi connectivity index (χ3n) is 5.58. The zero-order valence-corrected chi connectivity index (χ0v) is 17.0. The average Bonchev–Trinajstić information content (AvgIpc) is 3.26. The van der Waals surface area contributed by atoms with Crippen LogP contribution in [0.2, 0.25) is 5.02 Å². The first-order valence-corrected chi connectivity index (χ1v) is 10.9. The van der Waals surface area contributed by atoms with E-state index in [1.54, 1.807) is 11.3 Å². The van der Waals surface area contributed by atoms with Gasteiger partial charge in [0.05, 0.1) is 4.88 Å². The number of H-pyrrole nitrogens is 1. The molecule has 5 rings (SSSR count). The van der Waals surface area contributed by atoms with Crippen LogP contribution in [0.3, 0.4) is 0 Å². The fourth-order valence-corrected chi connectivity index (χ4v) is 4.83. The second kappa shape index (κ2) is 7.33. The lowest BCUT2D eigenvalue weighted by Gasteiger charge is -2.30. The number of hydrogen-bond donors (Lipinski definition) is 1. The third kappa shape index (κ3) is 3.59. The zero-order valence-electron chi connectivity index (χ0n) is 15.4. The first-order valence-electron chi connectivity index (χ1n) is 9.74. The molecule has 1 N–H and O–H groups in total. The Kier molecular flexibility index (Phi) is 4.69. The van der Waals surface area contributed by atoms with E-state index in [4.69, 9.17) is 11.6 Å². The number of carbonyl (C=O) groups is 1. The lowest BCUT2D eigenvalue weighted by atomic mass is 9.96. The fourth-order valence-electron chi connectivity index (χ4n) is 3.73. The van der Waals surface area contributed by atoms with Gasteiger partial charge in [-0.25, -0.2) is 4.98 Å². The van der Waals surface area contributed by atoms with Crippen LogP contribution in [0.25, 0.3) is 10.4 Å². The van der Waals surface area contributed by atoms with E-state index in [0.29, 0.717) is 11.8 Å². The van der Waals surface area contributed by atoms with E-state index in [1.165, 1.54) is 12.8 Å². The number of carbonyl (C=O) groups excluding carboxylic acids is 1. The molecule has 1 saturated heterocycles. The number of rotatable bonds is 4. The van der Waals surface area contributed by atoms with Crippen molar-refractivity contribution < 1.29 is 4.79 Å². The van der Waals surface area contributed by atoms with Crippen LogP contribution >= 0.6 is 22.9 Å². The molecule has 1 saturated carbocycles. The zero-order chi connectivity index (χ0) is 19.1. The molecule has 2 aromatic heterocycles. The Bertz CT molecular complexity index is 984. The molecule has 2 fully saturated rings. The summed E-state index contributed by atoms with van der Waals surface area (Å²) in [5, 5.41) is 8.21. The highest BCUT2D eigenvalue weighted by Crippen LogP contribution is 2.39. The van der Waals surface area contributed by atoms with Gasteiger partial charge in [0, 0.05) is 34.8 Å². The molecule has 2 aliphatic rings. The van der Waals surface area contributed by atoms with Crippen molar-refractivity contribution in [3.05, 3.63) is 57.9 Å². The van der Waals surface area contributed by atoms with Crippen LogP contribution in [0.15, 0.2) is 36.4 Å². The summed E-state index contributed by atoms with van der Waals surface area (Å²) in [5.41, 5.74) is 1.09. The number of aromatic amines is 1. The van der Waals surface area contributed by atoms with Gasteiger partial charge in [-0.3, -0.25) is 9.89 Å². The molecule has 0 bridgehead atoms. The van der Waals surface area contributed by atoms with Crippen LogP contribution in [0.4, 0.5) is 0 Å². The Balaban J connectivity index is 1.22. The van der Waals surface area contributed by atoms with Crippen LogP contribution in [0, 0.1) is 0 Å². The van der Waals surface area contributed by atoms with E-state index in [9.17, 15) is 4.79 Å². The lowest BCUT2D eigenvalue weighted by Crippen LogP contribution is -2.37. The van der Waals surface area contributed by atoms with E-state index in [0.717, 1.165) is 57.9 Å². The molecule has 1 aromatic carbocycles. The monoisotopic (exact) mass is 412 g/mol. The fraction of sp³-hybridized carbons (Fsp3) is 0.381. The molecule has 0 spiro atoms. The Morgan fingerprint density at radius 2 is 1.79 bits per heavy atom. The van der Waals surface area contributed by atoms with Crippen LogP contribution in [-0.2, 0) is 0 Å². The number of piperidine rings is 1. The molecule has 0 atom stereocenters. The van der Waals surface area contributed by atoms with Gasteiger partial charge in [-0.15, -0.1) is 11.3 Å². The maximum Gasteiger partial charge on any atom is 0.263 e. The maximum absolute atomic E-state index is 12.9. The Morgan fingerprint density at radius 3 is 2.50 bits per heavy atom. The number of thiophene rings is 1. The van der Waals surface area contributed by atoms with Crippen molar-refractivity contribution >= 4 is 28.8 Å². The van der Waals surface area contributed by atoms with Gasteiger partial charge in [0.1, 0.15) is 5.82 Å². The summed E-state index contributed by atoms with van der Waals surface area (Å²) < 4.78 is 0. The quantitative estimate of drug-likeness (QED) is 0.649. The number of amides is 1. The van der Waals surface area contributed by atoms with Crippen molar-refractivity contribution in [3.63, 3.8) is 0 Å². The predicted molar refractivity (Wildman–Crippen MR) is 111 cm³/mol. The van der Waals surface area contributed by atoms with Gasteiger partial charge in [-0.05, 0) is 55.5 Å². The summed E-state index contributed by atoms with van der Waals surface area (Å²) in [7, 11) is 0. The molecule has 28 heavy (non-hydrogen) atoms. The molecule has 0 unspecified atom stereocenters. The molecule has 5 nitrogen and oxygen atoms in total. The summed E-state index contributed by atoms with van der Waals surface area (Å²) in [6.45, 7) is 1.52. The van der Waals surface area contributed by atoms with Gasteiger partial charge in [-0.1, -0.05) is 23.7 Å². The van der Waals surface area contributed by atoms with Crippen molar-refractivity contribution in [1.29, 1.82) is 0 Å². The van der Waals surface area contributed by atoms with Gasteiger partial charge in [0.25, 0.3) is 5.91 Å². The highest BCUT2D eigenvalue weighted by Gasteiger charge is 2.31. The minimum Gasteiger partial charge on any atom is -0.338 e. The smallest absolute Gasteiger partial charge is 0.263 e. The topological polar surface area (TPSA) is 61.9 Å². The predicted octanol–water partition coefficient (Wildman–Crippen LogP) is 5.08. The summed E-state index contributed by atoms with van der Waals surface area (Å²) in [4.78, 5) is 21.5. The molecular formula is C21H21ClN4OS. The second-order valence-electron chi connectivity index (χ2n) is 7.59. The molecular weight excluding hydrogens is 392 g/mol. The Morgan fingerprint density at radius 1 is 1.04 bits per heavy atom. The summed E-state index contributed by atoms with van der Waals surface area (Å²) in [5.74, 6) is 3.04. The number of nitrogens with one attached hydrogen (secondary N) is 1. The Hall–Kier alpha value is -2.18. The minimum absolute atomic E-state index is 0.125. The van der Waals surface area contributed by atoms with Crippen molar-refractivity contribution in [3.8, 4) is 10.4 Å². The van der Waals surface area contributed by atoms with E-state index in [1.807, 2.05) is 41.3 Å². The van der Waals surface area contributed by atoms with Gasteiger partial charge in [-0.2, -0.15) is 5.10 Å². The van der Waals surface area contributed by atoms with Gasteiger partial charge in [0.2, 0.25) is 0 Å². The summed E-state index contributed by atoms with van der Waals surface area (Å²) in [6, 6.07) is 11.7. The average molecular weight is 413 g/mol. The number of nitrogens with zero attached hydrogens (tertiary/aromatic N) is 3. The lowest BCUT2D eigenvalue weighted by molar-refractivity contribution is 0.0716. The number of likely N-dealkylation sites (tertiary alicyclic amines) is 1. The van der Waals surface area contributed by atoms with Crippen LogP contribution in [0.1, 0.15) is 58.8 Å². The van der Waals surface area contributed by atoms with Crippen LogP contribution < -0.4 is 0 Å². The summed E-state index contributed by atoms with van der Waals surface area (Å²) >= 11 is 7.51. The number of benzene rings is 1. The third-order valence-corrected chi connectivity index (χ3v) is 6.95. The molecule has 0 radical (unpaired) electrons. The molecule has 1 amide bonds. The van der Waals surface area contributed by atoms with E-state index < -0.39 is 0 Å².